The lowest BCUT2D eigenvalue weighted by Gasteiger charge is -2.11. The minimum absolute atomic E-state index is 0.0283. The minimum Gasteiger partial charge on any atom is -0.497 e. The summed E-state index contributed by atoms with van der Waals surface area (Å²) in [6, 6.07) is 8.07. The van der Waals surface area contributed by atoms with Gasteiger partial charge in [-0.1, -0.05) is 6.07 Å². The van der Waals surface area contributed by atoms with Gasteiger partial charge >= 0.3 is 0 Å². The number of nitrogens with one attached hydrogen (secondary N) is 2. The predicted molar refractivity (Wildman–Crippen MR) is 81.2 cm³/mol. The summed E-state index contributed by atoms with van der Waals surface area (Å²) in [4.78, 5) is 12.0. The van der Waals surface area contributed by atoms with Crippen LogP contribution in [0.3, 0.4) is 0 Å². The molecule has 0 spiro atoms. The third-order valence-corrected chi connectivity index (χ3v) is 5.59. The highest BCUT2D eigenvalue weighted by atomic mass is 16.5. The minimum atomic E-state index is 0.0283. The molecular weight excluding hydrogens is 264 g/mol. The molecule has 1 aromatic rings. The number of amides is 1. The Morgan fingerprint density at radius 2 is 2.05 bits per heavy atom. The number of benzene rings is 1. The smallest absolute Gasteiger partial charge is 0.238 e. The Labute approximate surface area is 125 Å². The van der Waals surface area contributed by atoms with E-state index in [0.29, 0.717) is 12.6 Å². The zero-order chi connectivity index (χ0) is 14.4. The molecule has 3 fully saturated rings. The number of ether oxygens (including phenoxy) is 1. The quantitative estimate of drug-likeness (QED) is 0.873. The van der Waals surface area contributed by atoms with E-state index in [0.717, 1.165) is 35.1 Å². The fourth-order valence-electron chi connectivity index (χ4n) is 4.71. The van der Waals surface area contributed by atoms with Crippen LogP contribution in [0.5, 0.6) is 5.75 Å². The number of rotatable bonds is 5. The van der Waals surface area contributed by atoms with Crippen molar-refractivity contribution in [3.63, 3.8) is 0 Å². The Bertz CT molecular complexity index is 543. The van der Waals surface area contributed by atoms with Gasteiger partial charge in [-0.05, 0) is 55.1 Å². The average Bonchev–Trinajstić information content (AvgIpc) is 2.88. The van der Waals surface area contributed by atoms with E-state index < -0.39 is 0 Å². The number of hydrogen-bond donors (Lipinski definition) is 2. The van der Waals surface area contributed by atoms with Gasteiger partial charge in [-0.2, -0.15) is 0 Å². The summed E-state index contributed by atoms with van der Waals surface area (Å²) in [5.74, 6) is 4.41. The largest absolute Gasteiger partial charge is 0.497 e. The van der Waals surface area contributed by atoms with E-state index in [2.05, 4.69) is 10.6 Å². The van der Waals surface area contributed by atoms with Crippen LogP contribution in [-0.4, -0.2) is 25.6 Å². The van der Waals surface area contributed by atoms with Crippen LogP contribution >= 0.6 is 0 Å². The molecular formula is C17H22N2O2. The summed E-state index contributed by atoms with van der Waals surface area (Å²) < 4.78 is 5.16. The van der Waals surface area contributed by atoms with Crippen molar-refractivity contribution < 1.29 is 9.53 Å². The Morgan fingerprint density at radius 1 is 1.29 bits per heavy atom. The van der Waals surface area contributed by atoms with E-state index in [1.807, 2.05) is 24.3 Å². The molecule has 112 valence electrons. The van der Waals surface area contributed by atoms with Crippen molar-refractivity contribution in [3.05, 3.63) is 24.3 Å². The second kappa shape index (κ2) is 5.02. The summed E-state index contributed by atoms with van der Waals surface area (Å²) in [5, 5.41) is 6.39. The lowest BCUT2D eigenvalue weighted by Crippen LogP contribution is -2.32. The molecule has 3 aliphatic carbocycles. The first-order valence-corrected chi connectivity index (χ1v) is 7.93. The third-order valence-electron chi connectivity index (χ3n) is 5.59. The molecule has 3 saturated carbocycles. The number of carbonyl (C=O) groups is 1. The molecule has 21 heavy (non-hydrogen) atoms. The van der Waals surface area contributed by atoms with Crippen molar-refractivity contribution in [1.29, 1.82) is 0 Å². The van der Waals surface area contributed by atoms with E-state index in [1.54, 1.807) is 7.11 Å². The standard InChI is InChI=1S/C17H22N2O2/c1-21-13-4-2-3-12(8-13)19-14(20)9-18-17-15-10-5-6-11(7-10)16(15)17/h2-4,8,10-11,15-18H,5-7,9H2,1H3,(H,19,20). The lowest BCUT2D eigenvalue weighted by molar-refractivity contribution is -0.115. The highest BCUT2D eigenvalue weighted by Crippen LogP contribution is 2.65. The van der Waals surface area contributed by atoms with Crippen molar-refractivity contribution in [2.45, 2.75) is 25.3 Å². The van der Waals surface area contributed by atoms with Crippen LogP contribution in [0.25, 0.3) is 0 Å². The van der Waals surface area contributed by atoms with E-state index in [4.69, 9.17) is 4.74 Å². The van der Waals surface area contributed by atoms with Crippen LogP contribution in [0.1, 0.15) is 19.3 Å². The Balaban J connectivity index is 1.27. The first-order valence-electron chi connectivity index (χ1n) is 7.93. The second-order valence-corrected chi connectivity index (χ2v) is 6.67. The van der Waals surface area contributed by atoms with Crippen LogP contribution in [0, 0.1) is 23.7 Å². The van der Waals surface area contributed by atoms with Crippen molar-refractivity contribution >= 4 is 11.6 Å². The van der Waals surface area contributed by atoms with Crippen LogP contribution in [0.4, 0.5) is 5.69 Å². The Hall–Kier alpha value is -1.55. The van der Waals surface area contributed by atoms with Gasteiger partial charge in [0.1, 0.15) is 5.75 Å². The van der Waals surface area contributed by atoms with Crippen molar-refractivity contribution in [2.24, 2.45) is 23.7 Å². The summed E-state index contributed by atoms with van der Waals surface area (Å²) in [7, 11) is 1.63. The maximum atomic E-state index is 12.0. The van der Waals surface area contributed by atoms with Crippen LogP contribution < -0.4 is 15.4 Å². The third kappa shape index (κ3) is 2.31. The fourth-order valence-corrected chi connectivity index (χ4v) is 4.71. The molecule has 4 nitrogen and oxygen atoms in total. The van der Waals surface area contributed by atoms with Gasteiger partial charge in [0.2, 0.25) is 5.91 Å². The molecule has 2 N–H and O–H groups in total. The first kappa shape index (κ1) is 13.1. The fraction of sp³-hybridized carbons (Fsp3) is 0.588. The molecule has 4 unspecified atom stereocenters. The van der Waals surface area contributed by atoms with Gasteiger partial charge in [0.25, 0.3) is 0 Å². The zero-order valence-electron chi connectivity index (χ0n) is 12.3. The normalized spacial score (nSPS) is 35.4. The molecule has 4 heteroatoms. The Morgan fingerprint density at radius 3 is 2.76 bits per heavy atom. The van der Waals surface area contributed by atoms with Crippen molar-refractivity contribution in [2.75, 3.05) is 19.0 Å². The highest BCUT2D eigenvalue weighted by Gasteiger charge is 2.64. The molecule has 1 amide bonds. The molecule has 0 aromatic heterocycles. The summed E-state index contributed by atoms with van der Waals surface area (Å²) in [5.41, 5.74) is 0.789. The number of fused-ring (bicyclic) bond motifs is 5. The maximum absolute atomic E-state index is 12.0. The monoisotopic (exact) mass is 286 g/mol. The van der Waals surface area contributed by atoms with Crippen LogP contribution in [0.2, 0.25) is 0 Å². The van der Waals surface area contributed by atoms with E-state index in [1.165, 1.54) is 19.3 Å². The van der Waals surface area contributed by atoms with Crippen molar-refractivity contribution in [3.8, 4) is 5.75 Å². The average molecular weight is 286 g/mol. The summed E-state index contributed by atoms with van der Waals surface area (Å²) >= 11 is 0. The molecule has 3 aliphatic rings. The number of anilines is 1. The summed E-state index contributed by atoms with van der Waals surface area (Å²) in [6.45, 7) is 0.411. The van der Waals surface area contributed by atoms with E-state index >= 15 is 0 Å². The first-order chi connectivity index (χ1) is 10.3. The van der Waals surface area contributed by atoms with Gasteiger partial charge in [-0.3, -0.25) is 4.79 Å². The Kier molecular flexibility index (Phi) is 3.14. The molecule has 4 rings (SSSR count). The number of carbonyl (C=O) groups excluding carboxylic acids is 1. The lowest BCUT2D eigenvalue weighted by atomic mass is 10.0. The molecule has 0 aliphatic heterocycles. The van der Waals surface area contributed by atoms with Crippen LogP contribution in [0.15, 0.2) is 24.3 Å². The molecule has 1 aromatic carbocycles. The van der Waals surface area contributed by atoms with Crippen molar-refractivity contribution in [1.82, 2.24) is 5.32 Å². The number of hydrogen-bond acceptors (Lipinski definition) is 3. The van der Waals surface area contributed by atoms with Gasteiger partial charge in [-0.25, -0.2) is 0 Å². The van der Waals surface area contributed by atoms with Gasteiger partial charge in [-0.15, -0.1) is 0 Å². The summed E-state index contributed by atoms with van der Waals surface area (Å²) in [6.07, 6.45) is 4.28. The predicted octanol–water partition coefficient (Wildman–Crippen LogP) is 2.27. The molecule has 2 bridgehead atoms. The van der Waals surface area contributed by atoms with E-state index in [-0.39, 0.29) is 5.91 Å². The van der Waals surface area contributed by atoms with Crippen LogP contribution in [-0.2, 0) is 4.79 Å². The van der Waals surface area contributed by atoms with Gasteiger partial charge in [0.15, 0.2) is 0 Å². The van der Waals surface area contributed by atoms with Gasteiger partial charge in [0, 0.05) is 17.8 Å². The maximum Gasteiger partial charge on any atom is 0.238 e. The van der Waals surface area contributed by atoms with E-state index in [9.17, 15) is 4.79 Å². The molecule has 0 radical (unpaired) electrons. The zero-order valence-corrected chi connectivity index (χ0v) is 12.3. The second-order valence-electron chi connectivity index (χ2n) is 6.67. The molecule has 0 heterocycles. The van der Waals surface area contributed by atoms with Gasteiger partial charge in [0.05, 0.1) is 13.7 Å². The SMILES string of the molecule is COc1cccc(NC(=O)CNC2C3C4CCC(C4)C23)c1. The molecule has 0 saturated heterocycles. The highest BCUT2D eigenvalue weighted by molar-refractivity contribution is 5.92. The molecule has 4 atom stereocenters. The number of methoxy groups -OCH3 is 1. The van der Waals surface area contributed by atoms with Gasteiger partial charge < -0.3 is 15.4 Å². The topological polar surface area (TPSA) is 50.4 Å².